The van der Waals surface area contributed by atoms with Crippen LogP contribution in [0.25, 0.3) is 11.4 Å². The van der Waals surface area contributed by atoms with E-state index < -0.39 is 36.1 Å². The molecule has 1 aromatic heterocycles. The molecule has 4 atom stereocenters. The summed E-state index contributed by atoms with van der Waals surface area (Å²) in [6, 6.07) is 9.59. The molecule has 0 bridgehead atoms. The van der Waals surface area contributed by atoms with Crippen LogP contribution in [0.3, 0.4) is 0 Å². The van der Waals surface area contributed by atoms with Crippen molar-refractivity contribution in [1.82, 2.24) is 25.1 Å². The van der Waals surface area contributed by atoms with Crippen molar-refractivity contribution in [3.8, 4) is 11.4 Å². The van der Waals surface area contributed by atoms with Gasteiger partial charge in [0.1, 0.15) is 23.7 Å². The van der Waals surface area contributed by atoms with Gasteiger partial charge in [0.05, 0.1) is 13.2 Å². The van der Waals surface area contributed by atoms with Crippen LogP contribution in [0.15, 0.2) is 36.4 Å². The second kappa shape index (κ2) is 15.8. The largest absolute Gasteiger partial charge is 0.508 e. The summed E-state index contributed by atoms with van der Waals surface area (Å²) in [6.07, 6.45) is -0.145. The Morgan fingerprint density at radius 1 is 0.958 bits per heavy atom. The van der Waals surface area contributed by atoms with Crippen molar-refractivity contribution < 1.29 is 43.3 Å². The molecule has 3 heterocycles. The van der Waals surface area contributed by atoms with Crippen molar-refractivity contribution in [2.75, 3.05) is 57.4 Å². The third kappa shape index (κ3) is 8.49. The Morgan fingerprint density at radius 3 is 2.29 bits per heavy atom. The molecule has 1 aromatic carbocycles. The summed E-state index contributed by atoms with van der Waals surface area (Å²) in [6.45, 7) is 6.34. The second-order valence-corrected chi connectivity index (χ2v) is 12.0. The first-order valence-corrected chi connectivity index (χ1v) is 16.4. The van der Waals surface area contributed by atoms with E-state index in [0.29, 0.717) is 36.9 Å². The van der Waals surface area contributed by atoms with Gasteiger partial charge in [-0.05, 0) is 19.8 Å². The highest BCUT2D eigenvalue weighted by molar-refractivity contribution is 5.97. The third-order valence-electron chi connectivity index (χ3n) is 8.73. The lowest BCUT2D eigenvalue weighted by Crippen LogP contribution is -2.56. The van der Waals surface area contributed by atoms with Gasteiger partial charge in [0.25, 0.3) is 5.91 Å². The maximum absolute atomic E-state index is 13.7. The Bertz CT molecular complexity index is 1470. The molecule has 258 valence electrons. The zero-order chi connectivity index (χ0) is 34.2. The first-order chi connectivity index (χ1) is 23.2. The van der Waals surface area contributed by atoms with Crippen molar-refractivity contribution in [1.29, 1.82) is 0 Å². The number of fused-ring (bicyclic) bond motifs is 1. The summed E-state index contributed by atoms with van der Waals surface area (Å²) in [4.78, 5) is 77.3. The van der Waals surface area contributed by atoms with Crippen LogP contribution in [-0.4, -0.2) is 120 Å². The van der Waals surface area contributed by atoms with E-state index in [-0.39, 0.29) is 69.3 Å². The predicted octanol–water partition coefficient (Wildman–Crippen LogP) is 2.80. The van der Waals surface area contributed by atoms with E-state index in [9.17, 15) is 29.1 Å². The number of amides is 3. The van der Waals surface area contributed by atoms with Gasteiger partial charge >= 0.3 is 18.2 Å². The van der Waals surface area contributed by atoms with Crippen molar-refractivity contribution in [3.63, 3.8) is 0 Å². The number of aliphatic carboxylic acids is 1. The average Bonchev–Trinajstić information content (AvgIpc) is 3.51. The number of ether oxygens (including phenoxy) is 3. The van der Waals surface area contributed by atoms with Crippen LogP contribution in [0.1, 0.15) is 50.0 Å². The minimum Gasteiger partial charge on any atom is -0.481 e. The monoisotopic (exact) mass is 666 g/mol. The number of anilines is 1. The van der Waals surface area contributed by atoms with Crippen LogP contribution in [0, 0.1) is 11.8 Å². The van der Waals surface area contributed by atoms with Gasteiger partial charge in [0.15, 0.2) is 5.82 Å². The van der Waals surface area contributed by atoms with E-state index in [1.165, 1.54) is 9.80 Å². The smallest absolute Gasteiger partial charge is 0.481 e. The van der Waals surface area contributed by atoms with Gasteiger partial charge in [-0.25, -0.2) is 19.6 Å². The van der Waals surface area contributed by atoms with E-state index in [1.807, 2.05) is 42.2 Å². The first-order valence-electron chi connectivity index (χ1n) is 16.4. The Kier molecular flexibility index (Phi) is 11.3. The molecule has 1 aliphatic carbocycles. The van der Waals surface area contributed by atoms with Crippen LogP contribution in [0.5, 0.6) is 0 Å². The quantitative estimate of drug-likeness (QED) is 0.236. The van der Waals surface area contributed by atoms with Gasteiger partial charge in [-0.3, -0.25) is 14.4 Å². The molecule has 48 heavy (non-hydrogen) atoms. The number of nitrogens with one attached hydrogen (secondary N) is 1. The number of rotatable bonds is 13. The van der Waals surface area contributed by atoms with Crippen molar-refractivity contribution in [2.45, 2.75) is 51.7 Å². The number of hydrogen-bond acceptors (Lipinski definition) is 11. The minimum atomic E-state index is -1.13. The maximum Gasteiger partial charge on any atom is 0.508 e. The van der Waals surface area contributed by atoms with Crippen LogP contribution in [0.4, 0.5) is 15.4 Å². The van der Waals surface area contributed by atoms with Gasteiger partial charge < -0.3 is 39.3 Å². The molecule has 2 N–H and O–H groups in total. The molecule has 0 radical (unpaired) electrons. The Balaban J connectivity index is 1.29. The Labute approximate surface area is 278 Å². The number of piperazine rings is 1. The van der Waals surface area contributed by atoms with Gasteiger partial charge in [0.2, 0.25) is 5.91 Å². The summed E-state index contributed by atoms with van der Waals surface area (Å²) in [5.41, 5.74) is 0.706. The molecule has 0 spiro atoms. The number of piperidine rings is 1. The zero-order valence-corrected chi connectivity index (χ0v) is 27.2. The van der Waals surface area contributed by atoms with E-state index in [2.05, 4.69) is 10.3 Å². The van der Waals surface area contributed by atoms with Gasteiger partial charge in [-0.15, -0.1) is 0 Å². The maximum atomic E-state index is 13.7. The van der Waals surface area contributed by atoms with Crippen molar-refractivity contribution in [2.24, 2.45) is 11.8 Å². The molecule has 5 rings (SSSR count). The first kappa shape index (κ1) is 34.4. The third-order valence-corrected chi connectivity index (χ3v) is 8.73. The molecule has 15 nitrogen and oxygen atoms in total. The molecular weight excluding hydrogens is 624 g/mol. The molecule has 2 aromatic rings. The van der Waals surface area contributed by atoms with Gasteiger partial charge in [-0.2, -0.15) is 0 Å². The number of carbonyl (C=O) groups is 5. The topological polar surface area (TPSA) is 181 Å². The highest BCUT2D eigenvalue weighted by Gasteiger charge is 2.59. The molecular formula is C33H42N6O9. The standard InChI is InChI=1S/C33H42N6O9/c1-3-5-17-47-32(44)38-15-13-37(14-16-38)31(43)24(11-12-27(40)41)35-30(42)25-18-26(36-29(34-25)21-9-7-6-8-10-21)39-19-22-23(20-39)28(22)48-33(45)46-4-2/h6-10,18,22-24,28H,3-5,11-17,19-20H2,1-2H3,(H,35,42)(H,40,41)/t22-,23+,24-,28+/m0/s1. The second-order valence-electron chi connectivity index (χ2n) is 12.0. The van der Waals surface area contributed by atoms with Gasteiger partial charge in [0, 0.05) is 69.2 Å². The number of carboxylic acid groups (broad SMARTS) is 1. The van der Waals surface area contributed by atoms with Crippen molar-refractivity contribution >= 4 is 35.9 Å². The molecule has 2 saturated heterocycles. The van der Waals surface area contributed by atoms with Crippen LogP contribution in [-0.2, 0) is 23.8 Å². The van der Waals surface area contributed by atoms with Crippen LogP contribution in [0.2, 0.25) is 0 Å². The lowest BCUT2D eigenvalue weighted by atomic mass is 10.1. The summed E-state index contributed by atoms with van der Waals surface area (Å²) in [5.74, 6) is -1.15. The molecule has 15 heteroatoms. The lowest BCUT2D eigenvalue weighted by molar-refractivity contribution is -0.138. The number of benzene rings is 1. The van der Waals surface area contributed by atoms with E-state index in [4.69, 9.17) is 19.2 Å². The fourth-order valence-corrected chi connectivity index (χ4v) is 6.01. The number of aromatic nitrogens is 2. The summed E-state index contributed by atoms with van der Waals surface area (Å²) in [5, 5.41) is 12.1. The average molecular weight is 667 g/mol. The highest BCUT2D eigenvalue weighted by Crippen LogP contribution is 2.49. The highest BCUT2D eigenvalue weighted by atomic mass is 16.7. The van der Waals surface area contributed by atoms with E-state index in [0.717, 1.165) is 12.8 Å². The van der Waals surface area contributed by atoms with Crippen LogP contribution >= 0.6 is 0 Å². The van der Waals surface area contributed by atoms with Gasteiger partial charge in [-0.1, -0.05) is 43.7 Å². The number of carbonyl (C=O) groups excluding carboxylic acids is 4. The number of unbranched alkanes of at least 4 members (excludes halogenated alkanes) is 1. The van der Waals surface area contributed by atoms with E-state index in [1.54, 1.807) is 13.0 Å². The number of nitrogens with zero attached hydrogens (tertiary/aromatic N) is 5. The number of carboxylic acids is 1. The fraction of sp³-hybridized carbons (Fsp3) is 0.545. The number of hydrogen-bond donors (Lipinski definition) is 2. The summed E-state index contributed by atoms with van der Waals surface area (Å²) < 4.78 is 15.6. The molecule has 3 aliphatic rings. The normalized spacial score (nSPS) is 20.4. The molecule has 3 fully saturated rings. The SMILES string of the molecule is CCCCOC(=O)N1CCN(C(=O)[C@H](CCC(=O)O)NC(=O)c2cc(N3C[C@@H]4[C@H](C3)[C@H]4OC(=O)OCC)nc(-c3ccccc3)n2)CC1. The fourth-order valence-electron chi connectivity index (χ4n) is 6.01. The Hall–Kier alpha value is -4.95. The molecule has 3 amide bonds. The lowest BCUT2D eigenvalue weighted by Gasteiger charge is -2.36. The predicted molar refractivity (Wildman–Crippen MR) is 171 cm³/mol. The summed E-state index contributed by atoms with van der Waals surface area (Å²) >= 11 is 0. The van der Waals surface area contributed by atoms with E-state index >= 15 is 0 Å². The molecule has 2 aliphatic heterocycles. The van der Waals surface area contributed by atoms with Crippen LogP contribution < -0.4 is 10.2 Å². The molecule has 1 saturated carbocycles. The minimum absolute atomic E-state index is 0.0199. The summed E-state index contributed by atoms with van der Waals surface area (Å²) in [7, 11) is 0. The Morgan fingerprint density at radius 2 is 1.65 bits per heavy atom. The molecule has 0 unspecified atom stereocenters. The van der Waals surface area contributed by atoms with Crippen molar-refractivity contribution in [3.05, 3.63) is 42.1 Å². The zero-order valence-electron chi connectivity index (χ0n) is 27.2.